The van der Waals surface area contributed by atoms with Crippen LogP contribution in [0.15, 0.2) is 60.7 Å². The molecule has 0 spiro atoms. The van der Waals surface area contributed by atoms with Crippen molar-refractivity contribution in [1.82, 2.24) is 9.62 Å². The number of benzene rings is 2. The number of nitrogens with one attached hydrogen (secondary N) is 1. The van der Waals surface area contributed by atoms with E-state index in [0.717, 1.165) is 45.2 Å². The van der Waals surface area contributed by atoms with Gasteiger partial charge in [0.1, 0.15) is 0 Å². The maximum atomic E-state index is 12.0. The Morgan fingerprint density at radius 1 is 0.970 bits per heavy atom. The molecule has 2 aliphatic rings. The highest BCUT2D eigenvalue weighted by Crippen LogP contribution is 2.34. The van der Waals surface area contributed by atoms with Crippen LogP contribution >= 0.6 is 0 Å². The van der Waals surface area contributed by atoms with Crippen LogP contribution in [-0.4, -0.2) is 51.4 Å². The van der Waals surface area contributed by atoms with E-state index < -0.39 is 10.0 Å². The number of hydrogen-bond donors (Lipinski definition) is 1. The van der Waals surface area contributed by atoms with Gasteiger partial charge in [-0.2, -0.15) is 0 Å². The predicted molar refractivity (Wildman–Crippen MR) is 134 cm³/mol. The molecule has 2 aromatic carbocycles. The molecule has 3 atom stereocenters. The molecule has 5 nitrogen and oxygen atoms in total. The van der Waals surface area contributed by atoms with Crippen LogP contribution in [0.5, 0.6) is 0 Å². The van der Waals surface area contributed by atoms with Crippen molar-refractivity contribution in [2.45, 2.75) is 63.1 Å². The van der Waals surface area contributed by atoms with E-state index in [-0.39, 0.29) is 18.1 Å². The summed E-state index contributed by atoms with van der Waals surface area (Å²) in [7, 11) is -3.25. The molecular formula is C27H38N2O3S. The molecule has 1 saturated carbocycles. The molecular weight excluding hydrogens is 432 g/mol. The topological polar surface area (TPSA) is 58.6 Å². The monoisotopic (exact) mass is 470 g/mol. The largest absolute Gasteiger partial charge is 0.378 e. The van der Waals surface area contributed by atoms with Gasteiger partial charge < -0.3 is 4.74 Å². The smallest absolute Gasteiger partial charge is 0.208 e. The Morgan fingerprint density at radius 2 is 1.61 bits per heavy atom. The second kappa shape index (κ2) is 11.1. The highest BCUT2D eigenvalue weighted by atomic mass is 32.2. The summed E-state index contributed by atoms with van der Waals surface area (Å²) in [6.45, 7) is 4.55. The molecule has 180 valence electrons. The lowest BCUT2D eigenvalue weighted by atomic mass is 9.82. The standard InChI is InChI=1S/C27H38N2O3S/c1-21(22-9-5-3-6-10-22)29-18-17-27(28-33(2,30)31)25(19-29)20-32-26-15-13-24(14-16-26)23-11-7-4-8-12-23/h3-12,21,24-28H,13-20H2,1-2H3/t21-,24?,25+,26?,27+/m1/s1. The molecule has 0 radical (unpaired) electrons. The van der Waals surface area contributed by atoms with Crippen molar-refractivity contribution in [1.29, 1.82) is 0 Å². The first-order valence-electron chi connectivity index (χ1n) is 12.3. The number of piperidine rings is 1. The van der Waals surface area contributed by atoms with Crippen LogP contribution in [-0.2, 0) is 14.8 Å². The lowest BCUT2D eigenvalue weighted by molar-refractivity contribution is -0.0215. The Hall–Kier alpha value is -1.73. The molecule has 0 aromatic heterocycles. The van der Waals surface area contributed by atoms with E-state index in [9.17, 15) is 8.42 Å². The number of likely N-dealkylation sites (tertiary alicyclic amines) is 1. The first kappa shape index (κ1) is 24.4. The number of nitrogens with zero attached hydrogens (tertiary/aromatic N) is 1. The normalized spacial score (nSPS) is 27.8. The zero-order valence-corrected chi connectivity index (χ0v) is 20.7. The summed E-state index contributed by atoms with van der Waals surface area (Å²) in [6, 6.07) is 21.6. The van der Waals surface area contributed by atoms with Gasteiger partial charge in [-0.3, -0.25) is 4.90 Å². The van der Waals surface area contributed by atoms with Crippen LogP contribution < -0.4 is 4.72 Å². The van der Waals surface area contributed by atoms with Crippen LogP contribution in [0.4, 0.5) is 0 Å². The van der Waals surface area contributed by atoms with Crippen molar-refractivity contribution in [3.63, 3.8) is 0 Å². The summed E-state index contributed by atoms with van der Waals surface area (Å²) in [5, 5.41) is 0. The molecule has 1 aliphatic carbocycles. The molecule has 0 bridgehead atoms. The third-order valence-corrected chi connectivity index (χ3v) is 8.18. The predicted octanol–water partition coefficient (Wildman–Crippen LogP) is 4.73. The fraction of sp³-hybridized carbons (Fsp3) is 0.556. The summed E-state index contributed by atoms with van der Waals surface area (Å²) in [5.74, 6) is 0.772. The van der Waals surface area contributed by atoms with Gasteiger partial charge in [0.25, 0.3) is 0 Å². The van der Waals surface area contributed by atoms with Crippen LogP contribution in [0, 0.1) is 5.92 Å². The van der Waals surface area contributed by atoms with Crippen molar-refractivity contribution in [3.05, 3.63) is 71.8 Å². The number of ether oxygens (including phenoxy) is 1. The quantitative estimate of drug-likeness (QED) is 0.606. The first-order valence-corrected chi connectivity index (χ1v) is 14.2. The van der Waals surface area contributed by atoms with E-state index in [4.69, 9.17) is 4.74 Å². The molecule has 6 heteroatoms. The summed E-state index contributed by atoms with van der Waals surface area (Å²) < 4.78 is 33.3. The lowest BCUT2D eigenvalue weighted by Gasteiger charge is -2.42. The maximum absolute atomic E-state index is 12.0. The van der Waals surface area contributed by atoms with E-state index in [1.54, 1.807) is 0 Å². The Bertz CT molecular complexity index is 959. The highest BCUT2D eigenvalue weighted by molar-refractivity contribution is 7.88. The maximum Gasteiger partial charge on any atom is 0.208 e. The molecule has 0 amide bonds. The van der Waals surface area contributed by atoms with Crippen molar-refractivity contribution in [2.75, 3.05) is 26.0 Å². The fourth-order valence-corrected chi connectivity index (χ4v) is 6.36. The lowest BCUT2D eigenvalue weighted by Crippen LogP contribution is -2.52. The van der Waals surface area contributed by atoms with E-state index in [2.05, 4.69) is 71.1 Å². The Balaban J connectivity index is 1.35. The van der Waals surface area contributed by atoms with E-state index in [1.807, 2.05) is 6.07 Å². The van der Waals surface area contributed by atoms with Gasteiger partial charge in [-0.25, -0.2) is 13.1 Å². The summed E-state index contributed by atoms with van der Waals surface area (Å²) in [4.78, 5) is 2.47. The van der Waals surface area contributed by atoms with Gasteiger partial charge in [-0.1, -0.05) is 60.7 Å². The molecule has 1 saturated heterocycles. The third kappa shape index (κ3) is 6.89. The number of sulfonamides is 1. The fourth-order valence-electron chi connectivity index (χ4n) is 5.50. The highest BCUT2D eigenvalue weighted by Gasteiger charge is 2.34. The van der Waals surface area contributed by atoms with Crippen molar-refractivity contribution < 1.29 is 13.2 Å². The molecule has 1 aliphatic heterocycles. The second-order valence-corrected chi connectivity index (χ2v) is 11.6. The molecule has 2 aromatic rings. The number of hydrogen-bond acceptors (Lipinski definition) is 4. The Labute approximate surface area is 199 Å². The van der Waals surface area contributed by atoms with Gasteiger partial charge in [-0.05, 0) is 56.1 Å². The zero-order valence-electron chi connectivity index (χ0n) is 19.9. The van der Waals surface area contributed by atoms with E-state index in [0.29, 0.717) is 18.6 Å². The molecule has 1 N–H and O–H groups in total. The average molecular weight is 471 g/mol. The van der Waals surface area contributed by atoms with Crippen LogP contribution in [0.25, 0.3) is 0 Å². The van der Waals surface area contributed by atoms with Gasteiger partial charge in [0.15, 0.2) is 0 Å². The number of rotatable bonds is 8. The zero-order chi connectivity index (χ0) is 23.3. The van der Waals surface area contributed by atoms with Gasteiger partial charge in [0.05, 0.1) is 19.0 Å². The molecule has 4 rings (SSSR count). The molecule has 33 heavy (non-hydrogen) atoms. The average Bonchev–Trinajstić information content (AvgIpc) is 2.83. The van der Waals surface area contributed by atoms with Crippen LogP contribution in [0.1, 0.15) is 62.1 Å². The van der Waals surface area contributed by atoms with Crippen molar-refractivity contribution in [3.8, 4) is 0 Å². The molecule has 1 heterocycles. The summed E-state index contributed by atoms with van der Waals surface area (Å²) in [6.07, 6.45) is 6.78. The van der Waals surface area contributed by atoms with Gasteiger partial charge >= 0.3 is 0 Å². The summed E-state index contributed by atoms with van der Waals surface area (Å²) >= 11 is 0. The Morgan fingerprint density at radius 3 is 2.24 bits per heavy atom. The summed E-state index contributed by atoms with van der Waals surface area (Å²) in [5.41, 5.74) is 2.73. The van der Waals surface area contributed by atoms with Gasteiger partial charge in [0.2, 0.25) is 10.0 Å². The van der Waals surface area contributed by atoms with Crippen molar-refractivity contribution >= 4 is 10.0 Å². The van der Waals surface area contributed by atoms with Crippen LogP contribution in [0.2, 0.25) is 0 Å². The minimum atomic E-state index is -3.25. The minimum Gasteiger partial charge on any atom is -0.378 e. The minimum absolute atomic E-state index is 0.0696. The van der Waals surface area contributed by atoms with Crippen LogP contribution in [0.3, 0.4) is 0 Å². The van der Waals surface area contributed by atoms with Gasteiger partial charge in [-0.15, -0.1) is 0 Å². The molecule has 0 unspecified atom stereocenters. The second-order valence-electron chi connectivity index (χ2n) is 9.84. The molecule has 2 fully saturated rings. The first-order chi connectivity index (χ1) is 15.9. The van der Waals surface area contributed by atoms with Gasteiger partial charge in [0, 0.05) is 31.1 Å². The van der Waals surface area contributed by atoms with Crippen molar-refractivity contribution in [2.24, 2.45) is 5.92 Å². The van der Waals surface area contributed by atoms with E-state index >= 15 is 0 Å². The Kier molecular flexibility index (Phi) is 8.23. The van der Waals surface area contributed by atoms with E-state index in [1.165, 1.54) is 17.4 Å². The SMILES string of the molecule is C[C@H](c1ccccc1)N1CC[C@H](NS(C)(=O)=O)[C@H](COC2CCC(c3ccccc3)CC2)C1. The third-order valence-electron chi connectivity index (χ3n) is 7.45.